The van der Waals surface area contributed by atoms with Crippen molar-refractivity contribution in [1.29, 1.82) is 0 Å². The lowest BCUT2D eigenvalue weighted by Crippen LogP contribution is -2.37. The molecule has 18 heavy (non-hydrogen) atoms. The Labute approximate surface area is 107 Å². The van der Waals surface area contributed by atoms with E-state index in [0.29, 0.717) is 12.2 Å². The van der Waals surface area contributed by atoms with E-state index in [1.54, 1.807) is 6.20 Å². The van der Waals surface area contributed by atoms with Crippen molar-refractivity contribution >= 4 is 5.91 Å². The van der Waals surface area contributed by atoms with Crippen LogP contribution in [0.15, 0.2) is 18.3 Å². The molecule has 0 bridgehead atoms. The molecule has 0 aliphatic heterocycles. The van der Waals surface area contributed by atoms with Gasteiger partial charge in [-0.3, -0.25) is 9.78 Å². The summed E-state index contributed by atoms with van der Waals surface area (Å²) in [4.78, 5) is 16.0. The van der Waals surface area contributed by atoms with Crippen LogP contribution in [-0.4, -0.2) is 28.6 Å². The first-order valence-electron chi connectivity index (χ1n) is 6.56. The number of rotatable bonds is 3. The van der Waals surface area contributed by atoms with Crippen LogP contribution in [0.4, 0.5) is 0 Å². The topological polar surface area (TPSA) is 62.2 Å². The summed E-state index contributed by atoms with van der Waals surface area (Å²) in [7, 11) is 0. The lowest BCUT2D eigenvalue weighted by atomic mass is 9.86. The first kappa shape index (κ1) is 13.0. The summed E-state index contributed by atoms with van der Waals surface area (Å²) < 4.78 is 0. The standard InChI is InChI=1S/C14H20N2O2/c1-10-5-4-8-15-13(10)14(18)16-9-11-6-2-3-7-12(11)17/h4-5,8,11-12,17H,2-3,6-7,9H2,1H3,(H,16,18). The molecule has 1 aromatic rings. The number of aliphatic hydroxyl groups excluding tert-OH is 1. The van der Waals surface area contributed by atoms with Crippen molar-refractivity contribution in [3.05, 3.63) is 29.6 Å². The van der Waals surface area contributed by atoms with Crippen molar-refractivity contribution < 1.29 is 9.90 Å². The Kier molecular flexibility index (Phi) is 4.31. The van der Waals surface area contributed by atoms with Crippen molar-refractivity contribution in [3.8, 4) is 0 Å². The molecule has 1 aliphatic carbocycles. The molecule has 1 amide bonds. The van der Waals surface area contributed by atoms with Crippen LogP contribution in [0.1, 0.15) is 41.7 Å². The van der Waals surface area contributed by atoms with Crippen LogP contribution < -0.4 is 5.32 Å². The highest BCUT2D eigenvalue weighted by molar-refractivity contribution is 5.93. The van der Waals surface area contributed by atoms with Gasteiger partial charge in [0.15, 0.2) is 0 Å². The second-order valence-electron chi connectivity index (χ2n) is 4.99. The highest BCUT2D eigenvalue weighted by Gasteiger charge is 2.23. The fourth-order valence-electron chi connectivity index (χ4n) is 2.46. The van der Waals surface area contributed by atoms with E-state index in [9.17, 15) is 9.90 Å². The zero-order chi connectivity index (χ0) is 13.0. The van der Waals surface area contributed by atoms with Gasteiger partial charge in [0, 0.05) is 18.7 Å². The maximum absolute atomic E-state index is 12.0. The summed E-state index contributed by atoms with van der Waals surface area (Å²) in [5.74, 6) is 0.0394. The van der Waals surface area contributed by atoms with Crippen LogP contribution >= 0.6 is 0 Å². The quantitative estimate of drug-likeness (QED) is 0.855. The van der Waals surface area contributed by atoms with Crippen molar-refractivity contribution in [3.63, 3.8) is 0 Å². The van der Waals surface area contributed by atoms with Gasteiger partial charge >= 0.3 is 0 Å². The van der Waals surface area contributed by atoms with Gasteiger partial charge in [0.25, 0.3) is 5.91 Å². The van der Waals surface area contributed by atoms with Gasteiger partial charge < -0.3 is 10.4 Å². The monoisotopic (exact) mass is 248 g/mol. The van der Waals surface area contributed by atoms with Gasteiger partial charge in [-0.25, -0.2) is 0 Å². The Morgan fingerprint density at radius 3 is 3.00 bits per heavy atom. The van der Waals surface area contributed by atoms with Gasteiger partial charge in [-0.2, -0.15) is 0 Å². The summed E-state index contributed by atoms with van der Waals surface area (Å²) >= 11 is 0. The largest absolute Gasteiger partial charge is 0.393 e. The maximum atomic E-state index is 12.0. The number of aryl methyl sites for hydroxylation is 1. The second-order valence-corrected chi connectivity index (χ2v) is 4.99. The summed E-state index contributed by atoms with van der Waals surface area (Å²) in [6.45, 7) is 2.41. The molecular weight excluding hydrogens is 228 g/mol. The molecule has 1 fully saturated rings. The molecule has 2 rings (SSSR count). The van der Waals surface area contributed by atoms with Gasteiger partial charge in [0.05, 0.1) is 6.10 Å². The van der Waals surface area contributed by atoms with E-state index in [0.717, 1.165) is 31.2 Å². The third-order valence-electron chi connectivity index (χ3n) is 3.62. The van der Waals surface area contributed by atoms with Gasteiger partial charge in [-0.1, -0.05) is 18.9 Å². The normalized spacial score (nSPS) is 23.7. The number of nitrogens with one attached hydrogen (secondary N) is 1. The number of amides is 1. The van der Waals surface area contributed by atoms with E-state index in [-0.39, 0.29) is 17.9 Å². The molecule has 1 heterocycles. The molecule has 98 valence electrons. The first-order chi connectivity index (χ1) is 8.68. The van der Waals surface area contributed by atoms with E-state index in [2.05, 4.69) is 10.3 Å². The van der Waals surface area contributed by atoms with Crippen molar-refractivity contribution in [2.75, 3.05) is 6.54 Å². The molecule has 2 atom stereocenters. The SMILES string of the molecule is Cc1cccnc1C(=O)NCC1CCCCC1O. The Morgan fingerprint density at radius 2 is 2.28 bits per heavy atom. The average Bonchev–Trinajstić information content (AvgIpc) is 2.38. The minimum atomic E-state index is -0.274. The number of carbonyl (C=O) groups excluding carboxylic acids is 1. The molecule has 1 aliphatic rings. The summed E-state index contributed by atoms with van der Waals surface area (Å²) in [5, 5.41) is 12.7. The molecule has 0 saturated heterocycles. The minimum Gasteiger partial charge on any atom is -0.393 e. The fourth-order valence-corrected chi connectivity index (χ4v) is 2.46. The molecular formula is C14H20N2O2. The zero-order valence-corrected chi connectivity index (χ0v) is 10.7. The predicted octanol–water partition coefficient (Wildman–Crippen LogP) is 1.67. The molecule has 0 aromatic carbocycles. The Morgan fingerprint density at radius 1 is 1.50 bits per heavy atom. The molecule has 4 nitrogen and oxygen atoms in total. The van der Waals surface area contributed by atoms with Gasteiger partial charge in [0.2, 0.25) is 0 Å². The molecule has 2 unspecified atom stereocenters. The molecule has 0 spiro atoms. The number of hydrogen-bond donors (Lipinski definition) is 2. The van der Waals surface area contributed by atoms with Crippen LogP contribution in [0.3, 0.4) is 0 Å². The van der Waals surface area contributed by atoms with E-state index < -0.39 is 0 Å². The minimum absolute atomic E-state index is 0.147. The van der Waals surface area contributed by atoms with Gasteiger partial charge in [-0.05, 0) is 31.4 Å². The Hall–Kier alpha value is -1.42. The summed E-state index contributed by atoms with van der Waals surface area (Å²) in [5.41, 5.74) is 1.35. The molecule has 1 aromatic heterocycles. The molecule has 0 radical (unpaired) electrons. The Bertz CT molecular complexity index is 420. The van der Waals surface area contributed by atoms with E-state index in [1.807, 2.05) is 19.1 Å². The number of aromatic nitrogens is 1. The first-order valence-corrected chi connectivity index (χ1v) is 6.56. The lowest BCUT2D eigenvalue weighted by molar-refractivity contribution is 0.0661. The molecule has 2 N–H and O–H groups in total. The van der Waals surface area contributed by atoms with E-state index in [1.165, 1.54) is 0 Å². The van der Waals surface area contributed by atoms with Crippen LogP contribution in [0, 0.1) is 12.8 Å². The summed E-state index contributed by atoms with van der Waals surface area (Å²) in [6.07, 6.45) is 5.41. The average molecular weight is 248 g/mol. The van der Waals surface area contributed by atoms with Crippen LogP contribution in [0.25, 0.3) is 0 Å². The van der Waals surface area contributed by atoms with E-state index in [4.69, 9.17) is 0 Å². The molecule has 1 saturated carbocycles. The third kappa shape index (κ3) is 3.07. The van der Waals surface area contributed by atoms with Gasteiger partial charge in [0.1, 0.15) is 5.69 Å². The number of pyridine rings is 1. The van der Waals surface area contributed by atoms with Gasteiger partial charge in [-0.15, -0.1) is 0 Å². The van der Waals surface area contributed by atoms with Crippen molar-refractivity contribution in [2.24, 2.45) is 5.92 Å². The summed E-state index contributed by atoms with van der Waals surface area (Å²) in [6, 6.07) is 3.69. The lowest BCUT2D eigenvalue weighted by Gasteiger charge is -2.27. The highest BCUT2D eigenvalue weighted by Crippen LogP contribution is 2.23. The zero-order valence-electron chi connectivity index (χ0n) is 10.7. The second kappa shape index (κ2) is 5.96. The van der Waals surface area contributed by atoms with Crippen LogP contribution in [0.5, 0.6) is 0 Å². The fraction of sp³-hybridized carbons (Fsp3) is 0.571. The highest BCUT2D eigenvalue weighted by atomic mass is 16.3. The number of hydrogen-bond acceptors (Lipinski definition) is 3. The third-order valence-corrected chi connectivity index (χ3v) is 3.62. The Balaban J connectivity index is 1.90. The van der Waals surface area contributed by atoms with Crippen LogP contribution in [0.2, 0.25) is 0 Å². The maximum Gasteiger partial charge on any atom is 0.270 e. The predicted molar refractivity (Wildman–Crippen MR) is 69.3 cm³/mol. The van der Waals surface area contributed by atoms with Crippen molar-refractivity contribution in [2.45, 2.75) is 38.7 Å². The molecule has 4 heteroatoms. The number of nitrogens with zero attached hydrogens (tertiary/aromatic N) is 1. The van der Waals surface area contributed by atoms with Crippen molar-refractivity contribution in [1.82, 2.24) is 10.3 Å². The smallest absolute Gasteiger partial charge is 0.270 e. The number of aliphatic hydroxyl groups is 1. The van der Waals surface area contributed by atoms with E-state index >= 15 is 0 Å². The van der Waals surface area contributed by atoms with Crippen LogP contribution in [-0.2, 0) is 0 Å². The number of carbonyl (C=O) groups is 1.